The van der Waals surface area contributed by atoms with Crippen LogP contribution in [-0.4, -0.2) is 34.1 Å². The smallest absolute Gasteiger partial charge is 0.233 e. The van der Waals surface area contributed by atoms with E-state index in [0.29, 0.717) is 5.78 Å². The quantitative estimate of drug-likeness (QED) is 0.559. The number of aromatic nitrogens is 7. The third-order valence-corrected chi connectivity index (χ3v) is 4.70. The topological polar surface area (TPSA) is 73.8 Å². The van der Waals surface area contributed by atoms with Gasteiger partial charge in [-0.05, 0) is 24.8 Å². The summed E-state index contributed by atoms with van der Waals surface area (Å²) in [6, 6.07) is 0. The monoisotopic (exact) mass is 343 g/mol. The van der Waals surface area contributed by atoms with E-state index in [9.17, 15) is 0 Å². The molecule has 0 atom stereocenters. The van der Waals surface area contributed by atoms with Gasteiger partial charge in [0.05, 0.1) is 17.6 Å². The van der Waals surface area contributed by atoms with Gasteiger partial charge in [-0.15, -0.1) is 0 Å². The molecular formula is C19H17N7. The highest BCUT2D eigenvalue weighted by Crippen LogP contribution is 2.35. The second-order valence-corrected chi connectivity index (χ2v) is 6.43. The molecule has 128 valence electrons. The van der Waals surface area contributed by atoms with E-state index < -0.39 is 0 Å². The molecule has 4 aromatic heterocycles. The molecule has 0 amide bonds. The van der Waals surface area contributed by atoms with Gasteiger partial charge in [0.15, 0.2) is 0 Å². The van der Waals surface area contributed by atoms with Gasteiger partial charge in [-0.25, -0.2) is 19.9 Å². The third-order valence-electron chi connectivity index (χ3n) is 4.70. The van der Waals surface area contributed by atoms with Crippen molar-refractivity contribution in [2.45, 2.75) is 19.3 Å². The predicted molar refractivity (Wildman–Crippen MR) is 97.2 cm³/mol. The third kappa shape index (κ3) is 2.40. The summed E-state index contributed by atoms with van der Waals surface area (Å²) in [7, 11) is 1.91. The average molecular weight is 343 g/mol. The molecule has 4 aromatic rings. The lowest BCUT2D eigenvalue weighted by Gasteiger charge is -2.14. The van der Waals surface area contributed by atoms with Crippen molar-refractivity contribution in [2.75, 3.05) is 0 Å². The molecule has 7 heteroatoms. The molecule has 0 bridgehead atoms. The van der Waals surface area contributed by atoms with Crippen molar-refractivity contribution in [3.05, 3.63) is 66.4 Å². The lowest BCUT2D eigenvalue weighted by atomic mass is 9.95. The first kappa shape index (κ1) is 14.9. The van der Waals surface area contributed by atoms with Gasteiger partial charge < -0.3 is 0 Å². The molecule has 0 aromatic carbocycles. The molecule has 0 aliphatic heterocycles. The molecule has 7 nitrogen and oxygen atoms in total. The molecular weight excluding hydrogens is 326 g/mol. The molecule has 1 aliphatic rings. The Balaban J connectivity index is 1.74. The summed E-state index contributed by atoms with van der Waals surface area (Å²) in [5, 5.41) is 4.31. The number of aryl methyl sites for hydroxylation is 2. The fourth-order valence-corrected chi connectivity index (χ4v) is 3.49. The highest BCUT2D eigenvalue weighted by molar-refractivity contribution is 5.88. The number of imidazole rings is 1. The fourth-order valence-electron chi connectivity index (χ4n) is 3.49. The van der Waals surface area contributed by atoms with Crippen molar-refractivity contribution < 1.29 is 0 Å². The minimum Gasteiger partial charge on any atom is -0.291 e. The molecule has 26 heavy (non-hydrogen) atoms. The van der Waals surface area contributed by atoms with Crippen molar-refractivity contribution in [2.24, 2.45) is 7.05 Å². The van der Waals surface area contributed by atoms with E-state index in [1.54, 1.807) is 17.2 Å². The molecule has 0 radical (unpaired) electrons. The summed E-state index contributed by atoms with van der Waals surface area (Å²) in [5.41, 5.74) is 6.24. The van der Waals surface area contributed by atoms with Gasteiger partial charge in [0, 0.05) is 54.7 Å². The van der Waals surface area contributed by atoms with Crippen LogP contribution >= 0.6 is 0 Å². The molecule has 5 rings (SSSR count). The maximum absolute atomic E-state index is 4.60. The van der Waals surface area contributed by atoms with Crippen LogP contribution in [0.5, 0.6) is 0 Å². The summed E-state index contributed by atoms with van der Waals surface area (Å²) in [4.78, 5) is 17.9. The number of allylic oxidation sites excluding steroid dienone is 1. The Hall–Kier alpha value is -3.35. The molecule has 0 N–H and O–H groups in total. The van der Waals surface area contributed by atoms with Crippen LogP contribution in [0.25, 0.3) is 22.6 Å². The van der Waals surface area contributed by atoms with E-state index in [-0.39, 0.29) is 0 Å². The van der Waals surface area contributed by atoms with Gasteiger partial charge in [-0.3, -0.25) is 9.08 Å². The van der Waals surface area contributed by atoms with Gasteiger partial charge >= 0.3 is 0 Å². The van der Waals surface area contributed by atoms with Crippen molar-refractivity contribution >= 4 is 11.4 Å². The Morgan fingerprint density at radius 3 is 2.85 bits per heavy atom. The number of nitrogens with zero attached hydrogens (tertiary/aromatic N) is 7. The van der Waals surface area contributed by atoms with Gasteiger partial charge in [0.25, 0.3) is 0 Å². The number of rotatable bonds is 2. The van der Waals surface area contributed by atoms with Crippen LogP contribution in [0.2, 0.25) is 0 Å². The zero-order chi connectivity index (χ0) is 17.5. The Morgan fingerprint density at radius 2 is 1.96 bits per heavy atom. The molecule has 0 saturated heterocycles. The zero-order valence-electron chi connectivity index (χ0n) is 14.4. The molecule has 1 aliphatic carbocycles. The molecule has 0 fully saturated rings. The average Bonchev–Trinajstić information content (AvgIpc) is 3.24. The maximum Gasteiger partial charge on any atom is 0.233 e. The lowest BCUT2D eigenvalue weighted by molar-refractivity contribution is 0.768. The summed E-state index contributed by atoms with van der Waals surface area (Å²) in [5.74, 6) is 0.694. The second kappa shape index (κ2) is 5.87. The molecule has 0 saturated carbocycles. The maximum atomic E-state index is 4.60. The molecule has 0 spiro atoms. The van der Waals surface area contributed by atoms with Gasteiger partial charge in [0.2, 0.25) is 5.78 Å². The van der Waals surface area contributed by atoms with Crippen LogP contribution in [0.1, 0.15) is 29.7 Å². The number of fused-ring (bicyclic) bond motifs is 2. The minimum atomic E-state index is 0.694. The number of hydrogen-bond acceptors (Lipinski definition) is 5. The summed E-state index contributed by atoms with van der Waals surface area (Å²) >= 11 is 0. The minimum absolute atomic E-state index is 0.694. The van der Waals surface area contributed by atoms with E-state index in [4.69, 9.17) is 0 Å². The Morgan fingerprint density at radius 1 is 1.00 bits per heavy atom. The van der Waals surface area contributed by atoms with Crippen LogP contribution < -0.4 is 0 Å². The van der Waals surface area contributed by atoms with E-state index >= 15 is 0 Å². The second-order valence-electron chi connectivity index (χ2n) is 6.43. The van der Waals surface area contributed by atoms with Crippen LogP contribution in [0.3, 0.4) is 0 Å². The van der Waals surface area contributed by atoms with Crippen molar-refractivity contribution in [1.29, 1.82) is 0 Å². The van der Waals surface area contributed by atoms with E-state index in [1.807, 2.05) is 36.2 Å². The highest BCUT2D eigenvalue weighted by Gasteiger charge is 2.21. The van der Waals surface area contributed by atoms with E-state index in [1.165, 1.54) is 0 Å². The van der Waals surface area contributed by atoms with Crippen LogP contribution in [0.15, 0.2) is 49.6 Å². The van der Waals surface area contributed by atoms with E-state index in [0.717, 1.165) is 52.9 Å². The predicted octanol–water partition coefficient (Wildman–Crippen LogP) is 2.69. The Kier molecular flexibility index (Phi) is 3.38. The van der Waals surface area contributed by atoms with Gasteiger partial charge in [0.1, 0.15) is 6.33 Å². The normalized spacial score (nSPS) is 14.1. The Bertz CT molecular complexity index is 1140. The van der Waals surface area contributed by atoms with Gasteiger partial charge in [-0.1, -0.05) is 6.08 Å². The summed E-state index contributed by atoms with van der Waals surface area (Å²) in [6.07, 6.45) is 18.4. The van der Waals surface area contributed by atoms with Crippen molar-refractivity contribution in [1.82, 2.24) is 34.1 Å². The van der Waals surface area contributed by atoms with Crippen LogP contribution in [0.4, 0.5) is 0 Å². The zero-order valence-corrected chi connectivity index (χ0v) is 14.4. The first-order valence-corrected chi connectivity index (χ1v) is 8.62. The molecule has 4 heterocycles. The standard InChI is InChI=1S/C19H17N7/c1-25-10-14(9-24-25)18-17-15(4-2-3-5-16(17)22-12-23-18)13-8-21-19-20-6-7-26(19)11-13/h4,6-12H,2-3,5H2,1H3. The van der Waals surface area contributed by atoms with Crippen LogP contribution in [-0.2, 0) is 13.5 Å². The first-order valence-electron chi connectivity index (χ1n) is 8.62. The lowest BCUT2D eigenvalue weighted by Crippen LogP contribution is -2.03. The molecule has 0 unspecified atom stereocenters. The number of hydrogen-bond donors (Lipinski definition) is 0. The van der Waals surface area contributed by atoms with Crippen molar-refractivity contribution in [3.63, 3.8) is 0 Å². The van der Waals surface area contributed by atoms with Crippen molar-refractivity contribution in [3.8, 4) is 11.3 Å². The first-order chi connectivity index (χ1) is 12.8. The van der Waals surface area contributed by atoms with Gasteiger partial charge in [-0.2, -0.15) is 5.10 Å². The fraction of sp³-hybridized carbons (Fsp3) is 0.211. The van der Waals surface area contributed by atoms with Crippen LogP contribution in [0, 0.1) is 0 Å². The summed E-state index contributed by atoms with van der Waals surface area (Å²) < 4.78 is 3.73. The summed E-state index contributed by atoms with van der Waals surface area (Å²) in [6.45, 7) is 0. The Labute approximate surface area is 150 Å². The van der Waals surface area contributed by atoms with E-state index in [2.05, 4.69) is 37.3 Å². The largest absolute Gasteiger partial charge is 0.291 e. The highest BCUT2D eigenvalue weighted by atomic mass is 15.2. The SMILES string of the molecule is Cn1cc(-c2ncnc3c2C(c2cnc4nccn4c2)=CCCC3)cn1.